The van der Waals surface area contributed by atoms with E-state index in [1.807, 2.05) is 0 Å². The first-order valence-corrected chi connectivity index (χ1v) is 3.52. The van der Waals surface area contributed by atoms with E-state index in [0.29, 0.717) is 0 Å². The quantitative estimate of drug-likeness (QED) is 0.538. The van der Waals surface area contributed by atoms with E-state index in [2.05, 4.69) is 5.10 Å². The first-order chi connectivity index (χ1) is 4.20. The predicted molar refractivity (Wildman–Crippen MR) is 31.8 cm³/mol. The molecule has 1 heterocycles. The Kier molecular flexibility index (Phi) is 1.52. The normalized spacial score (nSPS) is 10.4. The van der Waals surface area contributed by atoms with E-state index in [1.54, 1.807) is 13.2 Å². The zero-order valence-corrected chi connectivity index (χ0v) is 5.71. The summed E-state index contributed by atoms with van der Waals surface area (Å²) in [5.41, 5.74) is 0. The first-order valence-electron chi connectivity index (χ1n) is 2.34. The van der Waals surface area contributed by atoms with Crippen molar-refractivity contribution in [1.82, 2.24) is 9.78 Å². The highest BCUT2D eigenvalue weighted by Gasteiger charge is 1.94. The molecule has 0 aliphatic carbocycles. The van der Waals surface area contributed by atoms with Gasteiger partial charge in [-0.3, -0.25) is 4.68 Å². The van der Waals surface area contributed by atoms with Crippen LogP contribution in [-0.2, 0) is 17.8 Å². The van der Waals surface area contributed by atoms with Crippen LogP contribution in [0.1, 0.15) is 0 Å². The first kappa shape index (κ1) is 6.28. The molecule has 1 rings (SSSR count). The second kappa shape index (κ2) is 2.18. The molecule has 0 N–H and O–H groups in total. The summed E-state index contributed by atoms with van der Waals surface area (Å²) in [4.78, 5) is 0. The molecule has 9 heavy (non-hydrogen) atoms. The van der Waals surface area contributed by atoms with Crippen molar-refractivity contribution in [3.63, 3.8) is 0 Å². The van der Waals surface area contributed by atoms with Crippen molar-refractivity contribution in [3.8, 4) is 0 Å². The monoisotopic (exact) mass is 146 g/mol. The maximum absolute atomic E-state index is 10.2. The second-order valence-electron chi connectivity index (χ2n) is 1.60. The minimum atomic E-state index is -2.51. The van der Waals surface area contributed by atoms with E-state index < -0.39 is 10.7 Å². The molecule has 4 nitrogen and oxygen atoms in total. The lowest BCUT2D eigenvalue weighted by molar-refractivity contribution is 0.607. The number of thiol groups is 1. The third-order valence-electron chi connectivity index (χ3n) is 0.887. The largest absolute Gasteiger partial charge is 0.275 e. The van der Waals surface area contributed by atoms with Crippen LogP contribution in [0.5, 0.6) is 0 Å². The molecule has 1 aromatic rings. The molecular formula is C4H6N2O2S. The molecule has 0 aromatic carbocycles. The molecular weight excluding hydrogens is 140 g/mol. The molecule has 0 aliphatic rings. The van der Waals surface area contributed by atoms with Crippen LogP contribution in [-0.4, -0.2) is 18.2 Å². The topological polar surface area (TPSA) is 52.0 Å². The molecule has 0 unspecified atom stereocenters. The molecule has 0 aliphatic heterocycles. The Morgan fingerprint density at radius 1 is 1.67 bits per heavy atom. The van der Waals surface area contributed by atoms with Crippen molar-refractivity contribution in [1.29, 1.82) is 0 Å². The molecule has 0 saturated heterocycles. The van der Waals surface area contributed by atoms with Gasteiger partial charge in [-0.2, -0.15) is 5.10 Å². The fourth-order valence-electron chi connectivity index (χ4n) is 0.500. The lowest BCUT2D eigenvalue weighted by Gasteiger charge is -1.80. The summed E-state index contributed by atoms with van der Waals surface area (Å²) in [6, 6.07) is 1.45. The van der Waals surface area contributed by atoms with Crippen LogP contribution < -0.4 is 0 Å². The number of aryl methyl sites for hydroxylation is 1. The summed E-state index contributed by atoms with van der Waals surface area (Å²) in [6.45, 7) is 0. The summed E-state index contributed by atoms with van der Waals surface area (Å²) in [5, 5.41) is 3.75. The van der Waals surface area contributed by atoms with Gasteiger partial charge in [0, 0.05) is 13.2 Å². The third-order valence-corrected chi connectivity index (χ3v) is 1.50. The second-order valence-corrected chi connectivity index (χ2v) is 2.58. The fraction of sp³-hybridized carbons (Fsp3) is 0.250. The number of rotatable bonds is 1. The van der Waals surface area contributed by atoms with Gasteiger partial charge in [-0.05, 0) is 6.07 Å². The number of hydrogen-bond donors (Lipinski definition) is 1. The Labute approximate surface area is 54.1 Å². The Morgan fingerprint density at radius 2 is 2.33 bits per heavy atom. The van der Waals surface area contributed by atoms with Crippen molar-refractivity contribution in [2.45, 2.75) is 5.03 Å². The third kappa shape index (κ3) is 1.29. The molecule has 0 radical (unpaired) electrons. The van der Waals surface area contributed by atoms with E-state index in [9.17, 15) is 8.42 Å². The molecule has 0 amide bonds. The lowest BCUT2D eigenvalue weighted by Crippen LogP contribution is -1.88. The highest BCUT2D eigenvalue weighted by atomic mass is 32.2. The smallest absolute Gasteiger partial charge is 0.187 e. The maximum Gasteiger partial charge on any atom is 0.187 e. The van der Waals surface area contributed by atoms with E-state index >= 15 is 0 Å². The molecule has 0 spiro atoms. The van der Waals surface area contributed by atoms with Gasteiger partial charge < -0.3 is 0 Å². The van der Waals surface area contributed by atoms with Gasteiger partial charge in [0.1, 0.15) is 0 Å². The predicted octanol–water partition coefficient (Wildman–Crippen LogP) is -0.610. The van der Waals surface area contributed by atoms with Crippen LogP contribution in [0.4, 0.5) is 0 Å². The van der Waals surface area contributed by atoms with E-state index in [4.69, 9.17) is 0 Å². The van der Waals surface area contributed by atoms with Crippen molar-refractivity contribution in [2.24, 2.45) is 7.05 Å². The van der Waals surface area contributed by atoms with E-state index in [-0.39, 0.29) is 5.03 Å². The average molecular weight is 146 g/mol. The van der Waals surface area contributed by atoms with Gasteiger partial charge in [0.05, 0.1) is 0 Å². The summed E-state index contributed by atoms with van der Waals surface area (Å²) >= 11 is 0. The molecule has 0 bridgehead atoms. The number of nitrogens with zero attached hydrogens (tertiary/aromatic N) is 2. The van der Waals surface area contributed by atoms with Crippen LogP contribution in [0, 0.1) is 0 Å². The SMILES string of the molecule is Cn1ccc([SH](=O)=O)n1. The standard InChI is InChI=1S/C4H6N2O2S/c1-6-3-2-4(5-6)9(7)8/h2-3,9H,1H3. The summed E-state index contributed by atoms with van der Waals surface area (Å²) in [7, 11) is -0.838. The zero-order chi connectivity index (χ0) is 6.85. The van der Waals surface area contributed by atoms with Gasteiger partial charge in [-0.25, -0.2) is 8.42 Å². The molecule has 0 atom stereocenters. The minimum absolute atomic E-state index is 0.118. The van der Waals surface area contributed by atoms with Gasteiger partial charge in [0.25, 0.3) is 0 Å². The van der Waals surface area contributed by atoms with Gasteiger partial charge >= 0.3 is 0 Å². The molecule has 0 fully saturated rings. The van der Waals surface area contributed by atoms with Crippen molar-refractivity contribution in [2.75, 3.05) is 0 Å². The van der Waals surface area contributed by atoms with Crippen LogP contribution in [0.25, 0.3) is 0 Å². The van der Waals surface area contributed by atoms with Gasteiger partial charge in [0.2, 0.25) is 0 Å². The molecule has 1 aromatic heterocycles. The van der Waals surface area contributed by atoms with Gasteiger partial charge in [-0.15, -0.1) is 0 Å². The fourth-order valence-corrected chi connectivity index (χ4v) is 0.903. The van der Waals surface area contributed by atoms with Crippen LogP contribution in [0.15, 0.2) is 17.3 Å². The van der Waals surface area contributed by atoms with Crippen molar-refractivity contribution in [3.05, 3.63) is 12.3 Å². The number of hydrogen-bond acceptors (Lipinski definition) is 3. The highest BCUT2D eigenvalue weighted by molar-refractivity contribution is 7.72. The van der Waals surface area contributed by atoms with E-state index in [1.165, 1.54) is 10.7 Å². The van der Waals surface area contributed by atoms with Gasteiger partial charge in [-0.1, -0.05) is 0 Å². The summed E-state index contributed by atoms with van der Waals surface area (Å²) < 4.78 is 21.8. The van der Waals surface area contributed by atoms with Crippen LogP contribution in [0.2, 0.25) is 0 Å². The molecule has 50 valence electrons. The van der Waals surface area contributed by atoms with Gasteiger partial charge in [0.15, 0.2) is 15.7 Å². The Balaban J connectivity index is 3.12. The van der Waals surface area contributed by atoms with Crippen LogP contribution in [0.3, 0.4) is 0 Å². The maximum atomic E-state index is 10.2. The Hall–Kier alpha value is -0.840. The highest BCUT2D eigenvalue weighted by Crippen LogP contribution is 1.92. The lowest BCUT2D eigenvalue weighted by atomic mass is 10.7. The summed E-state index contributed by atoms with van der Waals surface area (Å²) in [5.74, 6) is 0. The van der Waals surface area contributed by atoms with Crippen molar-refractivity contribution >= 4 is 10.7 Å². The molecule has 0 saturated carbocycles. The van der Waals surface area contributed by atoms with E-state index in [0.717, 1.165) is 0 Å². The molecule has 5 heteroatoms. The Morgan fingerprint density at radius 3 is 2.56 bits per heavy atom. The average Bonchev–Trinajstić information content (AvgIpc) is 2.14. The minimum Gasteiger partial charge on any atom is -0.275 e. The zero-order valence-electron chi connectivity index (χ0n) is 4.81. The van der Waals surface area contributed by atoms with Crippen molar-refractivity contribution < 1.29 is 8.42 Å². The Bertz CT molecular complexity index is 268. The van der Waals surface area contributed by atoms with Crippen LogP contribution >= 0.6 is 0 Å². The number of aromatic nitrogens is 2. The summed E-state index contributed by atoms with van der Waals surface area (Å²) in [6.07, 6.45) is 1.58.